The van der Waals surface area contributed by atoms with Crippen LogP contribution in [0.5, 0.6) is 5.75 Å². The molecule has 0 radical (unpaired) electrons. The van der Waals surface area contributed by atoms with Crippen LogP contribution in [0.25, 0.3) is 0 Å². The molecule has 0 aromatic heterocycles. The lowest BCUT2D eigenvalue weighted by molar-refractivity contribution is -0.144. The zero-order valence-corrected chi connectivity index (χ0v) is 59.9. The van der Waals surface area contributed by atoms with Gasteiger partial charge in [0.2, 0.25) is 76.8 Å². The minimum Gasteiger partial charge on any atom is -0.481 e. The van der Waals surface area contributed by atoms with E-state index in [2.05, 4.69) is 57.7 Å². The van der Waals surface area contributed by atoms with Crippen molar-refractivity contribution in [2.24, 2.45) is 29.0 Å². The Kier molecular flexibility index (Phi) is 35.5. The first-order valence-corrected chi connectivity index (χ1v) is 35.6. The molecule has 2 heterocycles. The van der Waals surface area contributed by atoms with Gasteiger partial charge in [0.1, 0.15) is 72.2 Å². The van der Waals surface area contributed by atoms with E-state index in [1.165, 1.54) is 24.3 Å². The van der Waals surface area contributed by atoms with Gasteiger partial charge in [0.25, 0.3) is 0 Å². The number of likely N-dealkylation sites (tertiary alicyclic amines) is 1. The van der Waals surface area contributed by atoms with Crippen LogP contribution in [0.4, 0.5) is 0 Å². The Morgan fingerprint density at radius 3 is 1.55 bits per heavy atom. The van der Waals surface area contributed by atoms with Gasteiger partial charge in [0, 0.05) is 51.5 Å². The highest BCUT2D eigenvalue weighted by Crippen LogP contribution is 2.37. The maximum atomic E-state index is 14.8. The monoisotopic (exact) mass is 1520 g/mol. The second-order valence-electron chi connectivity index (χ2n) is 25.8. The molecule has 4 rings (SSSR count). The Morgan fingerprint density at radius 2 is 1.05 bits per heavy atom. The van der Waals surface area contributed by atoms with Crippen molar-refractivity contribution in [3.63, 3.8) is 0 Å². The minimum absolute atomic E-state index is 0.0707. The van der Waals surface area contributed by atoms with Gasteiger partial charge in [-0.1, -0.05) is 83.0 Å². The number of hydrogen-bond donors (Lipinski definition) is 21. The molecule has 2 fully saturated rings. The van der Waals surface area contributed by atoms with E-state index in [1.807, 2.05) is 10.6 Å². The number of aliphatic hydroxyl groups is 1. The van der Waals surface area contributed by atoms with Crippen molar-refractivity contribution in [1.82, 2.24) is 68.7 Å². The second-order valence-corrected chi connectivity index (χ2v) is 27.0. The highest BCUT2D eigenvalue weighted by molar-refractivity contribution is 7.46. The molecule has 0 spiro atoms. The number of primary amides is 2. The van der Waals surface area contributed by atoms with Crippen molar-refractivity contribution in [2.45, 2.75) is 197 Å². The summed E-state index contributed by atoms with van der Waals surface area (Å²) in [5, 5.41) is 68.9. The fourth-order valence-electron chi connectivity index (χ4n) is 11.2. The van der Waals surface area contributed by atoms with E-state index in [0.717, 1.165) is 24.0 Å². The fourth-order valence-corrected chi connectivity index (χ4v) is 11.6. The molecule has 2 aromatic rings. The third-order valence-corrected chi connectivity index (χ3v) is 18.0. The van der Waals surface area contributed by atoms with Gasteiger partial charge in [0.05, 0.1) is 25.5 Å². The van der Waals surface area contributed by atoms with E-state index in [1.54, 1.807) is 45.9 Å². The van der Waals surface area contributed by atoms with Crippen LogP contribution >= 0.6 is 7.82 Å². The second kappa shape index (κ2) is 42.6. The average Bonchev–Trinajstić information content (AvgIpc) is 1.65. The first-order chi connectivity index (χ1) is 49.8. The van der Waals surface area contributed by atoms with Crippen LogP contribution in [0.2, 0.25) is 0 Å². The third-order valence-electron chi connectivity index (χ3n) is 17.5. The number of nitrogens with zero attached hydrogens (tertiary/aromatic N) is 1. The largest absolute Gasteiger partial charge is 0.524 e. The highest BCUT2D eigenvalue weighted by Gasteiger charge is 2.43. The van der Waals surface area contributed by atoms with E-state index >= 15 is 0 Å². The Hall–Kier alpha value is -10.2. The topological polar surface area (TPSA) is 646 Å². The van der Waals surface area contributed by atoms with Crippen LogP contribution in [-0.2, 0) is 94.1 Å². The van der Waals surface area contributed by atoms with Gasteiger partial charge in [-0.25, -0.2) is 4.57 Å². The van der Waals surface area contributed by atoms with Gasteiger partial charge >= 0.3 is 25.7 Å². The number of nitrogens with one attached hydrogen (secondary N) is 12. The van der Waals surface area contributed by atoms with Gasteiger partial charge in [0.15, 0.2) is 0 Å². The van der Waals surface area contributed by atoms with Crippen molar-refractivity contribution in [3.05, 3.63) is 65.7 Å². The lowest BCUT2D eigenvalue weighted by Crippen LogP contribution is -2.62. The molecule has 586 valence electrons. The van der Waals surface area contributed by atoms with Crippen LogP contribution in [0.1, 0.15) is 116 Å². The number of aliphatic hydroxyl groups excluding tert-OH is 1. The van der Waals surface area contributed by atoms with Crippen LogP contribution in [-0.4, -0.2) is 235 Å². The Morgan fingerprint density at radius 1 is 0.566 bits per heavy atom. The Bertz CT molecular complexity index is 3510. The van der Waals surface area contributed by atoms with E-state index in [-0.39, 0.29) is 49.6 Å². The normalized spacial score (nSPS) is 17.8. The number of aliphatic carboxylic acids is 3. The molecule has 15 atom stereocenters. The Labute approximate surface area is 608 Å². The van der Waals surface area contributed by atoms with E-state index < -0.39 is 245 Å². The molecule has 40 nitrogen and oxygen atoms in total. The molecule has 106 heavy (non-hydrogen) atoms. The van der Waals surface area contributed by atoms with Crippen molar-refractivity contribution < 1.29 is 116 Å². The summed E-state index contributed by atoms with van der Waals surface area (Å²) in [6.45, 7) is 7.42. The van der Waals surface area contributed by atoms with Gasteiger partial charge in [-0.2, -0.15) is 0 Å². The number of amides is 13. The number of carboxylic acids is 3. The maximum absolute atomic E-state index is 14.8. The minimum atomic E-state index is -5.11. The Balaban J connectivity index is 1.66. The lowest BCUT2D eigenvalue weighted by atomic mass is 9.94. The smallest absolute Gasteiger partial charge is 0.481 e. The van der Waals surface area contributed by atoms with Crippen molar-refractivity contribution in [1.29, 1.82) is 0 Å². The molecule has 13 amide bonds. The molecule has 0 aliphatic carbocycles. The summed E-state index contributed by atoms with van der Waals surface area (Å²) in [6, 6.07) is -7.57. The molecule has 2 aromatic carbocycles. The summed E-state index contributed by atoms with van der Waals surface area (Å²) in [5.74, 6) is -20.3. The summed E-state index contributed by atoms with van der Waals surface area (Å²) >= 11 is 0. The van der Waals surface area contributed by atoms with Gasteiger partial charge in [-0.15, -0.1) is 0 Å². The number of carbonyl (C=O) groups excluding carboxylic acids is 13. The SMILES string of the molecule is CC[C@H](C)[C@H](NC(=O)[C@@H](NC(=O)[C@@H](N)CC1CNCN1)[C@@H](C)CC)C(=O)N[C@@H](CCC(=O)O)C(=O)N[C@@H](CC(N)=O)C(=O)N1CCC[C@H]1C(=O)N[C@@H](CCC(N)=O)C(=O)N[C@@H](Cc1ccc(OP(=O)(O)O)cc1)C(=O)N[C@@H](Cc1ccccc1)C(=O)N[C@@H](CO)C(=O)N[C@@H](CC(=O)O)C(=O)N[C@@H](C)C(=O)O. The number of phosphoric ester groups is 1. The molecule has 2 aliphatic rings. The summed E-state index contributed by atoms with van der Waals surface area (Å²) in [5.41, 5.74) is 17.8. The standard InChI is InChI=1S/C65H97N16O24P/c1-6-32(3)52(80-63(98)53(33(4)7-2)79-54(89)39(66)26-37-29-69-31-70-37)62(97)73-41(20-22-50(85)86)56(91)77-45(27-49(68)84)64(99)81-23-11-14-47(81)61(96)72-40(19-21-48(67)83)55(90)74-43(25-36-15-17-38(18-16-36)105-106(102,103)104)58(93)75-42(24-35-12-9-8-10-13-35)59(94)78-46(30-82)60(95)76-44(28-51(87)88)57(92)71-34(5)65(100)101/h8-10,12-13,15-18,32-34,37,39-47,52-53,69-70,82H,6-7,11,14,19-31,66H2,1-5H3,(H2,67,83)(H2,68,84)(H,71,92)(H,72,96)(H,73,97)(H,74,90)(H,75,93)(H,76,95)(H,77,91)(H,78,94)(H,79,89)(H,80,98)(H,85,86)(H,87,88)(H,100,101)(H2,102,103,104)/t32-,33-,34-,37?,39-,40-,41-,42-,43-,44-,45-,46-,47-,52-,53-/m0/s1. The number of benzene rings is 2. The zero-order chi connectivity index (χ0) is 79.3. The van der Waals surface area contributed by atoms with Gasteiger partial charge in [-0.3, -0.25) is 86.5 Å². The van der Waals surface area contributed by atoms with Crippen LogP contribution in [0, 0.1) is 11.8 Å². The van der Waals surface area contributed by atoms with Crippen molar-refractivity contribution in [3.8, 4) is 5.75 Å². The van der Waals surface area contributed by atoms with Crippen molar-refractivity contribution >= 4 is 103 Å². The highest BCUT2D eigenvalue weighted by atomic mass is 31.2. The third kappa shape index (κ3) is 29.4. The fraction of sp³-hybridized carbons (Fsp3) is 0.569. The zero-order valence-electron chi connectivity index (χ0n) is 59.0. The molecular weight excluding hydrogens is 1420 g/mol. The van der Waals surface area contributed by atoms with Gasteiger partial charge < -0.3 is 111 Å². The quantitative estimate of drug-likeness (QED) is 0.0274. The molecule has 0 bridgehead atoms. The van der Waals surface area contributed by atoms with E-state index in [4.69, 9.17) is 17.2 Å². The average molecular weight is 1520 g/mol. The van der Waals surface area contributed by atoms with Gasteiger partial charge in [-0.05, 0) is 74.1 Å². The predicted octanol–water partition coefficient (Wildman–Crippen LogP) is -6.31. The van der Waals surface area contributed by atoms with Crippen molar-refractivity contribution in [2.75, 3.05) is 26.4 Å². The number of nitrogens with two attached hydrogens (primary N) is 3. The molecule has 0 saturated carbocycles. The summed E-state index contributed by atoms with van der Waals surface area (Å²) in [7, 11) is -5.11. The molecule has 2 saturated heterocycles. The summed E-state index contributed by atoms with van der Waals surface area (Å²) < 4.78 is 16.3. The van der Waals surface area contributed by atoms with Crippen LogP contribution in [0.15, 0.2) is 54.6 Å². The first kappa shape index (κ1) is 88.2. The summed E-state index contributed by atoms with van der Waals surface area (Å²) in [4.78, 5) is 236. The molecule has 2 aliphatic heterocycles. The summed E-state index contributed by atoms with van der Waals surface area (Å²) in [6.07, 6.45) is -4.77. The number of rotatable bonds is 45. The number of phosphoric acid groups is 1. The molecule has 41 heteroatoms. The van der Waals surface area contributed by atoms with E-state index in [9.17, 15) is 111 Å². The number of carbonyl (C=O) groups is 16. The number of carboxylic acid groups (broad SMARTS) is 3. The van der Waals surface area contributed by atoms with Crippen LogP contribution in [0.3, 0.4) is 0 Å². The number of hydrogen-bond acceptors (Lipinski definition) is 22. The van der Waals surface area contributed by atoms with Crippen LogP contribution < -0.4 is 85.5 Å². The molecular formula is C65H97N16O24P. The maximum Gasteiger partial charge on any atom is 0.524 e. The molecule has 24 N–H and O–H groups in total. The van der Waals surface area contributed by atoms with E-state index in [0.29, 0.717) is 25.2 Å². The molecule has 1 unspecified atom stereocenters. The lowest BCUT2D eigenvalue weighted by Gasteiger charge is -2.31. The predicted molar refractivity (Wildman–Crippen MR) is 370 cm³/mol. The first-order valence-electron chi connectivity index (χ1n) is 34.1.